The summed E-state index contributed by atoms with van der Waals surface area (Å²) >= 11 is 0. The van der Waals surface area contributed by atoms with E-state index in [-0.39, 0.29) is 28.9 Å². The Hall–Kier alpha value is -3.78. The van der Waals surface area contributed by atoms with Gasteiger partial charge in [0.1, 0.15) is 17.1 Å². The largest absolute Gasteiger partial charge is 0.508 e. The van der Waals surface area contributed by atoms with Crippen LogP contribution in [-0.2, 0) is 0 Å². The number of aryl methyl sites for hydroxylation is 1. The molecule has 1 unspecified atom stereocenters. The third-order valence-corrected chi connectivity index (χ3v) is 5.79. The average Bonchev–Trinajstić information content (AvgIpc) is 2.76. The van der Waals surface area contributed by atoms with Crippen LogP contribution >= 0.6 is 0 Å². The molecule has 0 spiro atoms. The number of nitrogen functional groups attached to an aromatic ring is 1. The van der Waals surface area contributed by atoms with Crippen LogP contribution in [0.25, 0.3) is 33.3 Å². The predicted molar refractivity (Wildman–Crippen MR) is 124 cm³/mol. The fourth-order valence-electron chi connectivity index (χ4n) is 3.68. The van der Waals surface area contributed by atoms with Crippen LogP contribution in [0.1, 0.15) is 24.1 Å². The van der Waals surface area contributed by atoms with E-state index in [1.165, 1.54) is 6.07 Å². The highest BCUT2D eigenvalue weighted by atomic mass is 19.1. The number of H-pyrrole nitrogens is 1. The zero-order valence-electron chi connectivity index (χ0n) is 18.3. The molecule has 4 rings (SSSR count). The number of nitrogens with zero attached hydrogens (tertiary/aromatic N) is 3. The minimum absolute atomic E-state index is 0.0316. The summed E-state index contributed by atoms with van der Waals surface area (Å²) in [5, 5.41) is 11.6. The maximum absolute atomic E-state index is 14.8. The van der Waals surface area contributed by atoms with Gasteiger partial charge < -0.3 is 20.7 Å². The van der Waals surface area contributed by atoms with Gasteiger partial charge in [-0.2, -0.15) is 9.37 Å². The van der Waals surface area contributed by atoms with Crippen LogP contribution in [0.15, 0.2) is 47.4 Å². The van der Waals surface area contributed by atoms with Crippen molar-refractivity contribution < 1.29 is 9.50 Å². The number of nitrogens with two attached hydrogens (primary N) is 1. The van der Waals surface area contributed by atoms with Gasteiger partial charge in [0.2, 0.25) is 5.95 Å². The van der Waals surface area contributed by atoms with Gasteiger partial charge >= 0.3 is 0 Å². The molecular weight excluding hydrogens is 409 g/mol. The van der Waals surface area contributed by atoms with Crippen LogP contribution < -0.4 is 11.3 Å². The van der Waals surface area contributed by atoms with E-state index in [4.69, 9.17) is 5.73 Å². The first kappa shape index (κ1) is 21.5. The molecule has 4 aromatic rings. The van der Waals surface area contributed by atoms with Crippen molar-refractivity contribution in [3.8, 4) is 28.3 Å². The number of aromatic hydroxyl groups is 1. The van der Waals surface area contributed by atoms with E-state index >= 15 is 0 Å². The molecule has 0 bridgehead atoms. The smallest absolute Gasteiger partial charge is 0.255 e. The zero-order valence-corrected chi connectivity index (χ0v) is 18.3. The predicted octanol–water partition coefficient (Wildman–Crippen LogP) is 4.01. The van der Waals surface area contributed by atoms with Gasteiger partial charge in [-0.05, 0) is 69.2 Å². The molecule has 1 atom stereocenters. The Kier molecular flexibility index (Phi) is 5.40. The molecule has 0 aliphatic heterocycles. The number of halogens is 1. The Morgan fingerprint density at radius 1 is 1.06 bits per heavy atom. The molecule has 4 N–H and O–H groups in total. The van der Waals surface area contributed by atoms with Crippen molar-refractivity contribution in [2.45, 2.75) is 19.9 Å². The lowest BCUT2D eigenvalue weighted by atomic mass is 10.0. The molecule has 0 amide bonds. The molecule has 0 aliphatic carbocycles. The van der Waals surface area contributed by atoms with E-state index in [0.717, 1.165) is 10.9 Å². The standard InChI is InChI=1S/C24H24FN5O2/c1-12-11-27-24(32)16-7-5-15(9-17(12)16)21-23(26)29-22(25)20(28-21)14-6-8-19(31)18(10-14)13(2)30(3)4/h5-11,13,31H,1-4H3,(H2,26,29)(H,27,32). The highest BCUT2D eigenvalue weighted by molar-refractivity contribution is 5.90. The van der Waals surface area contributed by atoms with Crippen LogP contribution in [0.4, 0.5) is 10.2 Å². The molecule has 164 valence electrons. The van der Waals surface area contributed by atoms with Gasteiger partial charge in [0.25, 0.3) is 5.56 Å². The summed E-state index contributed by atoms with van der Waals surface area (Å²) in [5.74, 6) is -0.725. The molecule has 0 fully saturated rings. The van der Waals surface area contributed by atoms with Crippen LogP contribution in [-0.4, -0.2) is 39.1 Å². The summed E-state index contributed by atoms with van der Waals surface area (Å²) < 4.78 is 14.8. The third-order valence-electron chi connectivity index (χ3n) is 5.79. The lowest BCUT2D eigenvalue weighted by Gasteiger charge is -2.21. The molecule has 0 saturated carbocycles. The number of anilines is 1. The molecule has 0 saturated heterocycles. The Morgan fingerprint density at radius 3 is 2.47 bits per heavy atom. The summed E-state index contributed by atoms with van der Waals surface area (Å²) in [6.07, 6.45) is 1.64. The lowest BCUT2D eigenvalue weighted by molar-refractivity contribution is 0.312. The fraction of sp³-hybridized carbons (Fsp3) is 0.208. The monoisotopic (exact) mass is 433 g/mol. The van der Waals surface area contributed by atoms with E-state index in [1.54, 1.807) is 36.5 Å². The minimum Gasteiger partial charge on any atom is -0.508 e. The van der Waals surface area contributed by atoms with Crippen molar-refractivity contribution in [2.24, 2.45) is 0 Å². The van der Waals surface area contributed by atoms with Crippen molar-refractivity contribution in [1.29, 1.82) is 0 Å². The molecule has 32 heavy (non-hydrogen) atoms. The summed E-state index contributed by atoms with van der Waals surface area (Å²) in [6, 6.07) is 9.94. The SMILES string of the molecule is Cc1c[nH]c(=O)c2ccc(-c3nc(-c4ccc(O)c(C(C)N(C)C)c4)c(F)nc3N)cc12. The van der Waals surface area contributed by atoms with Gasteiger partial charge in [-0.1, -0.05) is 6.07 Å². The number of aromatic amines is 1. The van der Waals surface area contributed by atoms with Gasteiger partial charge in [0.05, 0.1) is 0 Å². The average molecular weight is 433 g/mol. The number of pyridine rings is 1. The number of phenolic OH excluding ortho intramolecular Hbond substituents is 1. The molecule has 2 heterocycles. The highest BCUT2D eigenvalue weighted by Gasteiger charge is 2.19. The molecule has 2 aromatic carbocycles. The van der Waals surface area contributed by atoms with E-state index in [1.807, 2.05) is 32.8 Å². The van der Waals surface area contributed by atoms with Crippen molar-refractivity contribution in [3.63, 3.8) is 0 Å². The molecule has 2 aromatic heterocycles. The maximum atomic E-state index is 14.8. The van der Waals surface area contributed by atoms with Gasteiger partial charge in [0.15, 0.2) is 5.82 Å². The zero-order chi connectivity index (χ0) is 23.2. The van der Waals surface area contributed by atoms with Crippen molar-refractivity contribution >= 4 is 16.6 Å². The van der Waals surface area contributed by atoms with Crippen LogP contribution in [0.3, 0.4) is 0 Å². The quantitative estimate of drug-likeness (QED) is 0.449. The Balaban J connectivity index is 1.89. The van der Waals surface area contributed by atoms with Gasteiger partial charge in [-0.25, -0.2) is 4.98 Å². The second kappa shape index (κ2) is 8.05. The normalized spacial score (nSPS) is 12.4. The van der Waals surface area contributed by atoms with Crippen molar-refractivity contribution in [2.75, 3.05) is 19.8 Å². The van der Waals surface area contributed by atoms with Crippen LogP contribution in [0.2, 0.25) is 0 Å². The topological polar surface area (TPSA) is 108 Å². The lowest BCUT2D eigenvalue weighted by Crippen LogP contribution is -2.17. The third kappa shape index (κ3) is 3.69. The number of fused-ring (bicyclic) bond motifs is 1. The van der Waals surface area contributed by atoms with E-state index < -0.39 is 5.95 Å². The summed E-state index contributed by atoms with van der Waals surface area (Å²) in [5.41, 5.74) is 8.82. The molecule has 0 radical (unpaired) electrons. The summed E-state index contributed by atoms with van der Waals surface area (Å²) in [4.78, 5) is 25.1. The molecule has 0 aliphatic rings. The number of benzene rings is 2. The first-order valence-electron chi connectivity index (χ1n) is 10.1. The minimum atomic E-state index is -0.797. The number of rotatable bonds is 4. The van der Waals surface area contributed by atoms with Gasteiger partial charge in [-0.15, -0.1) is 0 Å². The van der Waals surface area contributed by atoms with E-state index in [9.17, 15) is 14.3 Å². The second-order valence-corrected chi connectivity index (χ2v) is 8.07. The first-order valence-corrected chi connectivity index (χ1v) is 10.1. The Bertz CT molecular complexity index is 1400. The van der Waals surface area contributed by atoms with Gasteiger partial charge in [0, 0.05) is 34.3 Å². The number of nitrogens with one attached hydrogen (secondary N) is 1. The molecule has 7 nitrogen and oxygen atoms in total. The van der Waals surface area contributed by atoms with Crippen molar-refractivity contribution in [1.82, 2.24) is 19.9 Å². The molecular formula is C24H24FN5O2. The number of phenols is 1. The summed E-state index contributed by atoms with van der Waals surface area (Å²) in [6.45, 7) is 3.82. The Morgan fingerprint density at radius 2 is 1.75 bits per heavy atom. The maximum Gasteiger partial charge on any atom is 0.255 e. The second-order valence-electron chi connectivity index (χ2n) is 8.07. The highest BCUT2D eigenvalue weighted by Crippen LogP contribution is 2.34. The number of hydrogen-bond acceptors (Lipinski definition) is 6. The number of hydrogen-bond donors (Lipinski definition) is 3. The van der Waals surface area contributed by atoms with E-state index in [2.05, 4.69) is 15.0 Å². The molecule has 8 heteroatoms. The fourth-order valence-corrected chi connectivity index (χ4v) is 3.68. The first-order chi connectivity index (χ1) is 15.2. The van der Waals surface area contributed by atoms with Gasteiger partial charge in [-0.3, -0.25) is 4.79 Å². The van der Waals surface area contributed by atoms with Crippen molar-refractivity contribution in [3.05, 3.63) is 70.0 Å². The van der Waals surface area contributed by atoms with Crippen LogP contribution in [0, 0.1) is 12.9 Å². The van der Waals surface area contributed by atoms with Crippen LogP contribution in [0.5, 0.6) is 5.75 Å². The summed E-state index contributed by atoms with van der Waals surface area (Å²) in [7, 11) is 3.79. The van der Waals surface area contributed by atoms with E-state index in [0.29, 0.717) is 27.8 Å². The Labute approximate surface area is 184 Å². The number of aromatic nitrogens is 3.